The molecule has 1 atom stereocenters. The lowest BCUT2D eigenvalue weighted by Crippen LogP contribution is -2.39. The molecule has 0 aromatic carbocycles. The van der Waals surface area contributed by atoms with Crippen molar-refractivity contribution in [3.8, 4) is 0 Å². The molecule has 3 aromatic heterocycles. The van der Waals surface area contributed by atoms with Crippen LogP contribution in [0.4, 0.5) is 5.82 Å². The molecule has 0 amide bonds. The van der Waals surface area contributed by atoms with Gasteiger partial charge >= 0.3 is 0 Å². The topological polar surface area (TPSA) is 97.1 Å². The average molecular weight is 286 g/mol. The molecule has 0 spiro atoms. The fraction of sp³-hybridized carbons (Fsp3) is 0.417. The molecule has 0 aliphatic carbocycles. The minimum Gasteiger partial charge on any atom is -0.367 e. The SMILES string of the molecule is Cc1cnc(C2CN(c3ccc4nnnn4n3)CCO2)[nH]1. The third kappa shape index (κ3) is 2.21. The van der Waals surface area contributed by atoms with Crippen LogP contribution in [0.25, 0.3) is 5.65 Å². The van der Waals surface area contributed by atoms with E-state index in [2.05, 4.69) is 35.5 Å². The Kier molecular flexibility index (Phi) is 2.78. The van der Waals surface area contributed by atoms with Gasteiger partial charge in [0.25, 0.3) is 0 Å². The number of aryl methyl sites for hydroxylation is 1. The van der Waals surface area contributed by atoms with E-state index in [1.54, 1.807) is 0 Å². The third-order valence-electron chi connectivity index (χ3n) is 3.47. The minimum absolute atomic E-state index is 0.0844. The Morgan fingerprint density at radius 1 is 1.38 bits per heavy atom. The largest absolute Gasteiger partial charge is 0.367 e. The van der Waals surface area contributed by atoms with Crippen LogP contribution in [-0.4, -0.2) is 54.9 Å². The summed E-state index contributed by atoms with van der Waals surface area (Å²) in [5.41, 5.74) is 1.66. The van der Waals surface area contributed by atoms with Crippen LogP contribution in [0, 0.1) is 6.92 Å². The highest BCUT2D eigenvalue weighted by molar-refractivity contribution is 5.44. The summed E-state index contributed by atoms with van der Waals surface area (Å²) in [6.07, 6.45) is 1.72. The number of aromatic amines is 1. The van der Waals surface area contributed by atoms with E-state index in [4.69, 9.17) is 4.74 Å². The number of hydrogen-bond acceptors (Lipinski definition) is 7. The quantitative estimate of drug-likeness (QED) is 0.715. The number of aromatic nitrogens is 7. The molecule has 1 aliphatic heterocycles. The lowest BCUT2D eigenvalue weighted by atomic mass is 10.2. The predicted molar refractivity (Wildman–Crippen MR) is 72.8 cm³/mol. The van der Waals surface area contributed by atoms with Gasteiger partial charge in [-0.1, -0.05) is 0 Å². The molecule has 9 nitrogen and oxygen atoms in total. The number of tetrazole rings is 1. The zero-order valence-corrected chi connectivity index (χ0v) is 11.5. The van der Waals surface area contributed by atoms with E-state index in [0.717, 1.165) is 23.9 Å². The second-order valence-corrected chi connectivity index (χ2v) is 4.97. The molecule has 0 saturated carbocycles. The first-order valence-corrected chi connectivity index (χ1v) is 6.73. The first-order valence-electron chi connectivity index (χ1n) is 6.73. The van der Waals surface area contributed by atoms with Crippen LogP contribution in [0.5, 0.6) is 0 Å². The lowest BCUT2D eigenvalue weighted by Gasteiger charge is -2.32. The number of hydrogen-bond donors (Lipinski definition) is 1. The molecular formula is C12H14N8O. The van der Waals surface area contributed by atoms with Gasteiger partial charge in [-0.05, 0) is 29.5 Å². The summed E-state index contributed by atoms with van der Waals surface area (Å²) in [6, 6.07) is 3.77. The summed E-state index contributed by atoms with van der Waals surface area (Å²) in [5.74, 6) is 1.67. The third-order valence-corrected chi connectivity index (χ3v) is 3.47. The van der Waals surface area contributed by atoms with Crippen molar-refractivity contribution in [3.63, 3.8) is 0 Å². The van der Waals surface area contributed by atoms with Crippen LogP contribution in [-0.2, 0) is 4.74 Å². The Morgan fingerprint density at radius 2 is 2.33 bits per heavy atom. The van der Waals surface area contributed by atoms with E-state index >= 15 is 0 Å². The van der Waals surface area contributed by atoms with Gasteiger partial charge in [-0.2, -0.15) is 0 Å². The summed E-state index contributed by atoms with van der Waals surface area (Å²) in [4.78, 5) is 9.71. The van der Waals surface area contributed by atoms with Gasteiger partial charge in [0.2, 0.25) is 0 Å². The molecule has 4 rings (SSSR count). The molecule has 0 bridgehead atoms. The Labute approximate surface area is 119 Å². The van der Waals surface area contributed by atoms with Crippen molar-refractivity contribution >= 4 is 11.5 Å². The smallest absolute Gasteiger partial charge is 0.200 e. The predicted octanol–water partition coefficient (Wildman–Crippen LogP) is 0.129. The van der Waals surface area contributed by atoms with E-state index in [-0.39, 0.29) is 6.10 Å². The number of nitrogens with one attached hydrogen (secondary N) is 1. The van der Waals surface area contributed by atoms with Crippen LogP contribution in [0.2, 0.25) is 0 Å². The van der Waals surface area contributed by atoms with Crippen LogP contribution >= 0.6 is 0 Å². The monoisotopic (exact) mass is 286 g/mol. The molecule has 9 heteroatoms. The van der Waals surface area contributed by atoms with Crippen LogP contribution < -0.4 is 4.90 Å². The van der Waals surface area contributed by atoms with Gasteiger partial charge in [0.05, 0.1) is 13.2 Å². The Bertz CT molecular complexity index is 765. The second-order valence-electron chi connectivity index (χ2n) is 4.97. The van der Waals surface area contributed by atoms with Crippen LogP contribution in [0.3, 0.4) is 0 Å². The van der Waals surface area contributed by atoms with Gasteiger partial charge in [0, 0.05) is 18.4 Å². The fourth-order valence-electron chi connectivity index (χ4n) is 2.43. The molecule has 1 unspecified atom stereocenters. The highest BCUT2D eigenvalue weighted by Gasteiger charge is 2.25. The molecule has 1 fully saturated rings. The maximum absolute atomic E-state index is 5.79. The molecule has 1 aliphatic rings. The highest BCUT2D eigenvalue weighted by atomic mass is 16.5. The maximum Gasteiger partial charge on any atom is 0.200 e. The summed E-state index contributed by atoms with van der Waals surface area (Å²) < 4.78 is 7.22. The highest BCUT2D eigenvalue weighted by Crippen LogP contribution is 2.23. The number of rotatable bonds is 2. The first-order chi connectivity index (χ1) is 10.3. The van der Waals surface area contributed by atoms with Crippen LogP contribution in [0.15, 0.2) is 18.3 Å². The standard InChI is InChI=1S/C12H14N8O/c1-8-6-13-12(14-8)9-7-19(4-5-21-9)11-3-2-10-15-17-18-20(10)16-11/h2-3,6,9H,4-5,7H2,1H3,(H,13,14). The second kappa shape index (κ2) is 4.77. The number of H-pyrrole nitrogens is 1. The number of morpholine rings is 1. The van der Waals surface area contributed by atoms with Crippen molar-refractivity contribution < 1.29 is 4.74 Å². The van der Waals surface area contributed by atoms with Crippen molar-refractivity contribution in [1.29, 1.82) is 0 Å². The normalized spacial score (nSPS) is 19.3. The summed E-state index contributed by atoms with van der Waals surface area (Å²) in [5, 5.41) is 15.7. The Morgan fingerprint density at radius 3 is 3.19 bits per heavy atom. The van der Waals surface area contributed by atoms with Gasteiger partial charge in [-0.3, -0.25) is 0 Å². The number of ether oxygens (including phenoxy) is 1. The zero-order chi connectivity index (χ0) is 14.2. The molecule has 1 N–H and O–H groups in total. The molecule has 21 heavy (non-hydrogen) atoms. The number of imidazole rings is 1. The Balaban J connectivity index is 1.59. The zero-order valence-electron chi connectivity index (χ0n) is 11.5. The van der Waals surface area contributed by atoms with Gasteiger partial charge in [0.15, 0.2) is 11.5 Å². The molecular weight excluding hydrogens is 272 g/mol. The fourth-order valence-corrected chi connectivity index (χ4v) is 2.43. The van der Waals surface area contributed by atoms with Crippen molar-refractivity contribution in [1.82, 2.24) is 35.2 Å². The van der Waals surface area contributed by atoms with Gasteiger partial charge in [-0.15, -0.1) is 14.8 Å². The van der Waals surface area contributed by atoms with E-state index in [1.165, 1.54) is 4.63 Å². The molecule has 1 saturated heterocycles. The number of nitrogens with zero attached hydrogens (tertiary/aromatic N) is 7. The summed E-state index contributed by atoms with van der Waals surface area (Å²) in [6.45, 7) is 4.06. The molecule has 3 aromatic rings. The number of fused-ring (bicyclic) bond motifs is 1. The average Bonchev–Trinajstić information content (AvgIpc) is 3.15. The van der Waals surface area contributed by atoms with Gasteiger partial charge in [0.1, 0.15) is 11.9 Å². The van der Waals surface area contributed by atoms with Crippen molar-refractivity contribution in [2.75, 3.05) is 24.6 Å². The van der Waals surface area contributed by atoms with Crippen LogP contribution in [0.1, 0.15) is 17.6 Å². The van der Waals surface area contributed by atoms with E-state index in [9.17, 15) is 0 Å². The van der Waals surface area contributed by atoms with Crippen molar-refractivity contribution in [3.05, 3.63) is 29.8 Å². The van der Waals surface area contributed by atoms with E-state index in [1.807, 2.05) is 25.3 Å². The molecule has 4 heterocycles. The molecule has 0 radical (unpaired) electrons. The first kappa shape index (κ1) is 12.2. The summed E-state index contributed by atoms with van der Waals surface area (Å²) in [7, 11) is 0. The minimum atomic E-state index is -0.0844. The molecule has 108 valence electrons. The van der Waals surface area contributed by atoms with Crippen molar-refractivity contribution in [2.45, 2.75) is 13.0 Å². The summed E-state index contributed by atoms with van der Waals surface area (Å²) >= 11 is 0. The lowest BCUT2D eigenvalue weighted by molar-refractivity contribution is 0.0342. The van der Waals surface area contributed by atoms with Crippen molar-refractivity contribution in [2.24, 2.45) is 0 Å². The van der Waals surface area contributed by atoms with E-state index in [0.29, 0.717) is 18.8 Å². The number of anilines is 1. The van der Waals surface area contributed by atoms with E-state index < -0.39 is 0 Å². The maximum atomic E-state index is 5.79. The van der Waals surface area contributed by atoms with Gasteiger partial charge in [-0.25, -0.2) is 4.98 Å². The van der Waals surface area contributed by atoms with Gasteiger partial charge < -0.3 is 14.6 Å². The Hall–Kier alpha value is -2.55.